The van der Waals surface area contributed by atoms with Gasteiger partial charge < -0.3 is 10.6 Å². The minimum atomic E-state index is 0.582. The number of hydrogen-bond donors (Lipinski definition) is 2. The van der Waals surface area contributed by atoms with E-state index in [0.29, 0.717) is 6.04 Å². The highest BCUT2D eigenvalue weighted by molar-refractivity contribution is 5.79. The van der Waals surface area contributed by atoms with Crippen molar-refractivity contribution in [3.8, 4) is 0 Å². The molecule has 0 saturated carbocycles. The zero-order valence-corrected chi connectivity index (χ0v) is 11.8. The van der Waals surface area contributed by atoms with Crippen molar-refractivity contribution in [2.75, 3.05) is 32.7 Å². The molecule has 0 aromatic carbocycles. The van der Waals surface area contributed by atoms with E-state index in [4.69, 9.17) is 0 Å². The number of rotatable bonds is 8. The van der Waals surface area contributed by atoms with Gasteiger partial charge in [0.05, 0.1) is 6.54 Å². The first-order valence-corrected chi connectivity index (χ1v) is 6.52. The average molecular weight is 240 g/mol. The third-order valence-corrected chi connectivity index (χ3v) is 2.55. The van der Waals surface area contributed by atoms with E-state index in [1.807, 2.05) is 6.08 Å². The Morgan fingerprint density at radius 1 is 1.35 bits per heavy atom. The SMILES string of the molecule is C=CCNC(=NCCN(CC)C(C)C)NCC. The Bertz CT molecular complexity index is 223. The number of aliphatic imine (C=N–C) groups is 1. The molecule has 0 aliphatic heterocycles. The van der Waals surface area contributed by atoms with E-state index in [9.17, 15) is 0 Å². The number of guanidine groups is 1. The molecule has 4 heteroatoms. The van der Waals surface area contributed by atoms with Crippen molar-refractivity contribution in [2.45, 2.75) is 33.7 Å². The van der Waals surface area contributed by atoms with Crippen molar-refractivity contribution >= 4 is 5.96 Å². The fraction of sp³-hybridized carbons (Fsp3) is 0.769. The molecule has 0 aromatic rings. The maximum absolute atomic E-state index is 4.53. The minimum Gasteiger partial charge on any atom is -0.357 e. The van der Waals surface area contributed by atoms with E-state index in [0.717, 1.165) is 38.7 Å². The number of likely N-dealkylation sites (N-methyl/N-ethyl adjacent to an activating group) is 1. The zero-order valence-electron chi connectivity index (χ0n) is 11.8. The molecule has 0 radical (unpaired) electrons. The molecule has 0 aromatic heterocycles. The van der Waals surface area contributed by atoms with Crippen LogP contribution in [0.2, 0.25) is 0 Å². The fourth-order valence-electron chi connectivity index (χ4n) is 1.58. The smallest absolute Gasteiger partial charge is 0.191 e. The second kappa shape index (κ2) is 10.1. The molecule has 0 saturated heterocycles. The van der Waals surface area contributed by atoms with Crippen molar-refractivity contribution in [1.82, 2.24) is 15.5 Å². The summed E-state index contributed by atoms with van der Waals surface area (Å²) >= 11 is 0. The van der Waals surface area contributed by atoms with E-state index < -0.39 is 0 Å². The molecule has 2 N–H and O–H groups in total. The van der Waals surface area contributed by atoms with Crippen LogP contribution in [-0.2, 0) is 0 Å². The van der Waals surface area contributed by atoms with Crippen LogP contribution in [0.25, 0.3) is 0 Å². The zero-order chi connectivity index (χ0) is 13.1. The Labute approximate surface area is 106 Å². The molecular formula is C13H28N4. The van der Waals surface area contributed by atoms with Crippen molar-refractivity contribution in [1.29, 1.82) is 0 Å². The van der Waals surface area contributed by atoms with Crippen LogP contribution in [0.15, 0.2) is 17.6 Å². The molecule has 100 valence electrons. The Morgan fingerprint density at radius 3 is 2.53 bits per heavy atom. The molecule has 4 nitrogen and oxygen atoms in total. The Hall–Kier alpha value is -1.03. The third kappa shape index (κ3) is 7.80. The van der Waals surface area contributed by atoms with E-state index in [1.54, 1.807) is 0 Å². The molecule has 0 unspecified atom stereocenters. The molecule has 0 atom stereocenters. The van der Waals surface area contributed by atoms with Crippen molar-refractivity contribution < 1.29 is 0 Å². The lowest BCUT2D eigenvalue weighted by Gasteiger charge is -2.23. The highest BCUT2D eigenvalue weighted by atomic mass is 15.2. The van der Waals surface area contributed by atoms with Gasteiger partial charge in [0.2, 0.25) is 0 Å². The van der Waals surface area contributed by atoms with Gasteiger partial charge in [0.1, 0.15) is 0 Å². The van der Waals surface area contributed by atoms with Crippen LogP contribution < -0.4 is 10.6 Å². The number of nitrogens with zero attached hydrogens (tertiary/aromatic N) is 2. The van der Waals surface area contributed by atoms with Gasteiger partial charge in [-0.1, -0.05) is 13.0 Å². The highest BCUT2D eigenvalue weighted by Crippen LogP contribution is 1.96. The first kappa shape index (κ1) is 16.0. The van der Waals surface area contributed by atoms with Crippen LogP contribution in [0.1, 0.15) is 27.7 Å². The molecule has 0 bridgehead atoms. The Kier molecular flexibility index (Phi) is 9.53. The van der Waals surface area contributed by atoms with E-state index in [-0.39, 0.29) is 0 Å². The summed E-state index contributed by atoms with van der Waals surface area (Å²) < 4.78 is 0. The van der Waals surface area contributed by atoms with Gasteiger partial charge in [0, 0.05) is 25.7 Å². The van der Waals surface area contributed by atoms with Gasteiger partial charge in [-0.05, 0) is 27.3 Å². The van der Waals surface area contributed by atoms with E-state index in [1.165, 1.54) is 0 Å². The summed E-state index contributed by atoms with van der Waals surface area (Å²) in [6.07, 6.45) is 1.83. The third-order valence-electron chi connectivity index (χ3n) is 2.55. The molecule has 0 amide bonds. The number of nitrogens with one attached hydrogen (secondary N) is 2. The largest absolute Gasteiger partial charge is 0.357 e. The summed E-state index contributed by atoms with van der Waals surface area (Å²) in [7, 11) is 0. The fourth-order valence-corrected chi connectivity index (χ4v) is 1.58. The first-order valence-electron chi connectivity index (χ1n) is 6.52. The Morgan fingerprint density at radius 2 is 2.06 bits per heavy atom. The predicted molar refractivity (Wildman–Crippen MR) is 76.6 cm³/mol. The van der Waals surface area contributed by atoms with E-state index in [2.05, 4.69) is 54.8 Å². The maximum atomic E-state index is 4.53. The summed E-state index contributed by atoms with van der Waals surface area (Å²) in [5, 5.41) is 6.40. The summed E-state index contributed by atoms with van der Waals surface area (Å²) in [6, 6.07) is 0.582. The summed E-state index contributed by atoms with van der Waals surface area (Å²) in [5.74, 6) is 0.868. The Balaban J connectivity index is 4.08. The molecule has 0 aliphatic carbocycles. The molecular weight excluding hydrogens is 212 g/mol. The second-order valence-electron chi connectivity index (χ2n) is 4.15. The predicted octanol–water partition coefficient (Wildman–Crippen LogP) is 1.46. The normalized spacial score (nSPS) is 12.0. The van der Waals surface area contributed by atoms with Crippen LogP contribution in [0.4, 0.5) is 0 Å². The summed E-state index contributed by atoms with van der Waals surface area (Å²) in [4.78, 5) is 6.93. The van der Waals surface area contributed by atoms with Gasteiger partial charge in [-0.15, -0.1) is 6.58 Å². The first-order chi connectivity index (χ1) is 8.15. The van der Waals surface area contributed by atoms with Gasteiger partial charge in [0.15, 0.2) is 5.96 Å². The molecule has 0 spiro atoms. The molecule has 0 aliphatic rings. The van der Waals surface area contributed by atoms with Gasteiger partial charge in [0.25, 0.3) is 0 Å². The lowest BCUT2D eigenvalue weighted by molar-refractivity contribution is 0.240. The minimum absolute atomic E-state index is 0.582. The number of hydrogen-bond acceptors (Lipinski definition) is 2. The van der Waals surface area contributed by atoms with Gasteiger partial charge >= 0.3 is 0 Å². The molecule has 17 heavy (non-hydrogen) atoms. The molecule has 0 rings (SSSR count). The molecule has 0 heterocycles. The summed E-state index contributed by atoms with van der Waals surface area (Å²) in [6.45, 7) is 16.9. The van der Waals surface area contributed by atoms with Crippen molar-refractivity contribution in [3.05, 3.63) is 12.7 Å². The standard InChI is InChI=1S/C13H28N4/c1-6-9-15-13(14-7-2)16-10-11-17(8-3)12(4)5/h6,12H,1,7-11H2,2-5H3,(H2,14,15,16). The van der Waals surface area contributed by atoms with Crippen molar-refractivity contribution in [2.24, 2.45) is 4.99 Å². The van der Waals surface area contributed by atoms with Crippen LogP contribution in [0.5, 0.6) is 0 Å². The van der Waals surface area contributed by atoms with Gasteiger partial charge in [-0.25, -0.2) is 0 Å². The average Bonchev–Trinajstić information content (AvgIpc) is 2.30. The molecule has 0 fully saturated rings. The maximum Gasteiger partial charge on any atom is 0.191 e. The van der Waals surface area contributed by atoms with Gasteiger partial charge in [-0.2, -0.15) is 0 Å². The highest BCUT2D eigenvalue weighted by Gasteiger charge is 2.05. The van der Waals surface area contributed by atoms with Crippen LogP contribution in [-0.4, -0.2) is 49.6 Å². The van der Waals surface area contributed by atoms with Crippen molar-refractivity contribution in [3.63, 3.8) is 0 Å². The second-order valence-corrected chi connectivity index (χ2v) is 4.15. The summed E-state index contributed by atoms with van der Waals surface area (Å²) in [5.41, 5.74) is 0. The van der Waals surface area contributed by atoms with Gasteiger partial charge in [-0.3, -0.25) is 9.89 Å². The van der Waals surface area contributed by atoms with Crippen LogP contribution in [0.3, 0.4) is 0 Å². The lowest BCUT2D eigenvalue weighted by atomic mass is 10.3. The topological polar surface area (TPSA) is 39.7 Å². The van der Waals surface area contributed by atoms with E-state index >= 15 is 0 Å². The monoisotopic (exact) mass is 240 g/mol. The quantitative estimate of drug-likeness (QED) is 0.383. The van der Waals surface area contributed by atoms with Crippen LogP contribution >= 0.6 is 0 Å². The lowest BCUT2D eigenvalue weighted by Crippen LogP contribution is -2.38. The van der Waals surface area contributed by atoms with Crippen LogP contribution in [0, 0.1) is 0 Å².